The van der Waals surface area contributed by atoms with Gasteiger partial charge >= 0.3 is 12.0 Å². The van der Waals surface area contributed by atoms with Crippen LogP contribution in [-0.4, -0.2) is 35.2 Å². The summed E-state index contributed by atoms with van der Waals surface area (Å²) < 4.78 is 5.21. The van der Waals surface area contributed by atoms with Crippen molar-refractivity contribution >= 4 is 52.0 Å². The van der Waals surface area contributed by atoms with E-state index in [9.17, 15) is 14.4 Å². The molecule has 3 heterocycles. The van der Waals surface area contributed by atoms with Crippen molar-refractivity contribution in [3.63, 3.8) is 0 Å². The first-order valence-corrected chi connectivity index (χ1v) is 11.1. The molecule has 158 valence electrons. The van der Waals surface area contributed by atoms with Crippen molar-refractivity contribution < 1.29 is 19.1 Å². The van der Waals surface area contributed by atoms with Gasteiger partial charge in [0.15, 0.2) is 6.61 Å². The molecule has 0 aliphatic carbocycles. The molecule has 1 unspecified atom stereocenters. The lowest BCUT2D eigenvalue weighted by molar-refractivity contribution is -0.136. The number of anilines is 1. The first-order valence-electron chi connectivity index (χ1n) is 9.31. The third-order valence-electron chi connectivity index (χ3n) is 4.56. The molecule has 1 atom stereocenters. The predicted molar refractivity (Wildman–Crippen MR) is 119 cm³/mol. The number of primary amides is 1. The molecule has 10 heteroatoms. The summed E-state index contributed by atoms with van der Waals surface area (Å²) in [6, 6.07) is 12.9. The van der Waals surface area contributed by atoms with Crippen LogP contribution in [0.3, 0.4) is 0 Å². The van der Waals surface area contributed by atoms with E-state index in [1.807, 2.05) is 35.0 Å². The van der Waals surface area contributed by atoms with Gasteiger partial charge in [0.25, 0.3) is 5.91 Å². The van der Waals surface area contributed by atoms with Crippen LogP contribution in [0, 0.1) is 0 Å². The molecule has 1 aliphatic rings. The maximum atomic E-state index is 12.9. The maximum Gasteiger partial charge on any atom is 0.338 e. The van der Waals surface area contributed by atoms with Crippen LogP contribution >= 0.6 is 22.7 Å². The molecule has 3 amide bonds. The van der Waals surface area contributed by atoms with E-state index in [0.717, 1.165) is 15.5 Å². The molecule has 0 saturated carbocycles. The van der Waals surface area contributed by atoms with E-state index in [1.54, 1.807) is 22.7 Å². The van der Waals surface area contributed by atoms with Gasteiger partial charge in [-0.15, -0.1) is 22.7 Å². The largest absolute Gasteiger partial charge is 0.452 e. The topological polar surface area (TPSA) is 114 Å². The summed E-state index contributed by atoms with van der Waals surface area (Å²) >= 11 is 3.13. The van der Waals surface area contributed by atoms with Gasteiger partial charge in [-0.3, -0.25) is 4.79 Å². The summed E-state index contributed by atoms with van der Waals surface area (Å²) in [4.78, 5) is 38.1. The molecule has 31 heavy (non-hydrogen) atoms. The van der Waals surface area contributed by atoms with Crippen molar-refractivity contribution in [2.24, 2.45) is 10.8 Å². The summed E-state index contributed by atoms with van der Waals surface area (Å²) in [5.41, 5.74) is 6.60. The van der Waals surface area contributed by atoms with E-state index in [2.05, 4.69) is 10.4 Å². The average molecular weight is 455 g/mol. The highest BCUT2D eigenvalue weighted by Gasteiger charge is 2.34. The Morgan fingerprint density at radius 2 is 1.84 bits per heavy atom. The lowest BCUT2D eigenvalue weighted by Gasteiger charge is -2.20. The number of nitrogens with one attached hydrogen (secondary N) is 1. The SMILES string of the molecule is NC(=O)Nc1ccc(C(=O)OCC(=O)N2N=C(c3cccs3)CC2c2cccs2)cc1. The summed E-state index contributed by atoms with van der Waals surface area (Å²) in [6.07, 6.45) is 0.606. The fraction of sp³-hybridized carbons (Fsp3) is 0.143. The third kappa shape index (κ3) is 4.81. The Bertz CT molecular complexity index is 1110. The molecule has 0 fully saturated rings. The van der Waals surface area contributed by atoms with Gasteiger partial charge < -0.3 is 15.8 Å². The monoisotopic (exact) mass is 454 g/mol. The molecule has 4 rings (SSSR count). The summed E-state index contributed by atoms with van der Waals surface area (Å²) in [5.74, 6) is -1.04. The molecule has 3 aromatic rings. The van der Waals surface area contributed by atoms with Crippen molar-refractivity contribution in [3.8, 4) is 0 Å². The second kappa shape index (κ2) is 9.11. The Labute approximate surface area is 185 Å². The number of hydrazone groups is 1. The van der Waals surface area contributed by atoms with Crippen molar-refractivity contribution in [3.05, 3.63) is 74.6 Å². The van der Waals surface area contributed by atoms with Crippen molar-refractivity contribution in [2.45, 2.75) is 12.5 Å². The highest BCUT2D eigenvalue weighted by Crippen LogP contribution is 2.35. The third-order valence-corrected chi connectivity index (χ3v) is 6.45. The second-order valence-corrected chi connectivity index (χ2v) is 8.57. The van der Waals surface area contributed by atoms with Gasteiger partial charge in [0.05, 0.1) is 22.2 Å². The molecule has 0 saturated heterocycles. The summed E-state index contributed by atoms with van der Waals surface area (Å²) in [6.45, 7) is -0.427. The lowest BCUT2D eigenvalue weighted by atomic mass is 10.1. The van der Waals surface area contributed by atoms with Gasteiger partial charge in [-0.05, 0) is 47.2 Å². The Morgan fingerprint density at radius 1 is 1.10 bits per heavy atom. The van der Waals surface area contributed by atoms with Crippen molar-refractivity contribution in [1.82, 2.24) is 5.01 Å². The van der Waals surface area contributed by atoms with Gasteiger partial charge in [0, 0.05) is 17.0 Å². The Morgan fingerprint density at radius 3 is 2.48 bits per heavy atom. The zero-order valence-electron chi connectivity index (χ0n) is 16.2. The Hall–Kier alpha value is -3.50. The highest BCUT2D eigenvalue weighted by atomic mass is 32.1. The fourth-order valence-corrected chi connectivity index (χ4v) is 4.68. The number of nitrogens with two attached hydrogens (primary N) is 1. The minimum Gasteiger partial charge on any atom is -0.452 e. The van der Waals surface area contributed by atoms with Crippen LogP contribution in [0.4, 0.5) is 10.5 Å². The zero-order chi connectivity index (χ0) is 21.8. The van der Waals surface area contributed by atoms with E-state index in [0.29, 0.717) is 12.1 Å². The summed E-state index contributed by atoms with van der Waals surface area (Å²) in [5, 5.41) is 12.3. The number of urea groups is 1. The van der Waals surface area contributed by atoms with E-state index < -0.39 is 24.5 Å². The normalized spacial score (nSPS) is 15.4. The van der Waals surface area contributed by atoms with E-state index >= 15 is 0 Å². The molecular weight excluding hydrogens is 436 g/mol. The number of esters is 1. The van der Waals surface area contributed by atoms with Crippen LogP contribution in [-0.2, 0) is 9.53 Å². The van der Waals surface area contributed by atoms with Gasteiger partial charge in [-0.1, -0.05) is 12.1 Å². The number of carbonyl (C=O) groups excluding carboxylic acids is 3. The van der Waals surface area contributed by atoms with Gasteiger partial charge in [0.1, 0.15) is 0 Å². The van der Waals surface area contributed by atoms with Gasteiger partial charge in [-0.2, -0.15) is 5.10 Å². The predicted octanol–water partition coefficient (Wildman–Crippen LogP) is 3.83. The fourth-order valence-electron chi connectivity index (χ4n) is 3.14. The molecule has 0 radical (unpaired) electrons. The smallest absolute Gasteiger partial charge is 0.338 e. The number of rotatable bonds is 6. The minimum atomic E-state index is -0.700. The first kappa shape index (κ1) is 20.8. The van der Waals surface area contributed by atoms with Crippen LogP contribution in [0.25, 0.3) is 0 Å². The average Bonchev–Trinajstić information content (AvgIpc) is 3.52. The van der Waals surface area contributed by atoms with Crippen LogP contribution in [0.1, 0.15) is 32.6 Å². The molecule has 1 aromatic carbocycles. The number of thiophene rings is 2. The second-order valence-electron chi connectivity index (χ2n) is 6.64. The molecule has 1 aliphatic heterocycles. The molecular formula is C21H18N4O4S2. The highest BCUT2D eigenvalue weighted by molar-refractivity contribution is 7.12. The Balaban J connectivity index is 1.43. The van der Waals surface area contributed by atoms with E-state index in [4.69, 9.17) is 10.5 Å². The Kier molecular flexibility index (Phi) is 6.10. The lowest BCUT2D eigenvalue weighted by Crippen LogP contribution is -2.31. The number of amides is 3. The number of hydrogen-bond acceptors (Lipinski definition) is 7. The van der Waals surface area contributed by atoms with E-state index in [1.165, 1.54) is 29.3 Å². The number of hydrogen-bond donors (Lipinski definition) is 2. The molecule has 8 nitrogen and oxygen atoms in total. The zero-order valence-corrected chi connectivity index (χ0v) is 17.8. The van der Waals surface area contributed by atoms with E-state index in [-0.39, 0.29) is 11.6 Å². The van der Waals surface area contributed by atoms with Crippen molar-refractivity contribution in [1.29, 1.82) is 0 Å². The van der Waals surface area contributed by atoms with Crippen LogP contribution in [0.5, 0.6) is 0 Å². The van der Waals surface area contributed by atoms with Crippen LogP contribution in [0.2, 0.25) is 0 Å². The summed E-state index contributed by atoms with van der Waals surface area (Å²) in [7, 11) is 0. The number of carbonyl (C=O) groups is 3. The standard InChI is InChI=1S/C21H18N4O4S2/c22-21(28)23-14-7-5-13(6-8-14)20(27)29-12-19(26)25-16(18-4-2-10-31-18)11-15(24-25)17-3-1-9-30-17/h1-10,16H,11-12H2,(H3,22,23,28). The maximum absolute atomic E-state index is 12.9. The quantitative estimate of drug-likeness (QED) is 0.551. The minimum absolute atomic E-state index is 0.220. The first-order chi connectivity index (χ1) is 15.0. The number of ether oxygens (including phenoxy) is 1. The molecule has 2 aromatic heterocycles. The van der Waals surface area contributed by atoms with Gasteiger partial charge in [0.2, 0.25) is 0 Å². The van der Waals surface area contributed by atoms with Gasteiger partial charge in [-0.25, -0.2) is 14.6 Å². The number of benzene rings is 1. The van der Waals surface area contributed by atoms with Crippen molar-refractivity contribution in [2.75, 3.05) is 11.9 Å². The number of nitrogens with zero attached hydrogens (tertiary/aromatic N) is 2. The molecule has 0 bridgehead atoms. The van der Waals surface area contributed by atoms with Crippen LogP contribution in [0.15, 0.2) is 64.4 Å². The van der Waals surface area contributed by atoms with Crippen LogP contribution < -0.4 is 11.1 Å². The molecule has 0 spiro atoms. The molecule has 3 N–H and O–H groups in total.